The van der Waals surface area contributed by atoms with Crippen LogP contribution in [0, 0.1) is 13.8 Å². The van der Waals surface area contributed by atoms with Gasteiger partial charge in [-0.1, -0.05) is 35.9 Å². The summed E-state index contributed by atoms with van der Waals surface area (Å²) in [5.74, 6) is 1.07. The zero-order valence-electron chi connectivity index (χ0n) is 12.4. The molecule has 0 unspecified atom stereocenters. The van der Waals surface area contributed by atoms with Crippen molar-refractivity contribution in [1.29, 1.82) is 0 Å². The van der Waals surface area contributed by atoms with Gasteiger partial charge in [-0.05, 0) is 43.7 Å². The van der Waals surface area contributed by atoms with Gasteiger partial charge in [-0.3, -0.25) is 0 Å². The molecular weight excluding hydrogens is 246 g/mol. The van der Waals surface area contributed by atoms with Crippen LogP contribution in [0.3, 0.4) is 0 Å². The maximum absolute atomic E-state index is 6.16. The van der Waals surface area contributed by atoms with Gasteiger partial charge in [-0.15, -0.1) is 0 Å². The first kappa shape index (κ1) is 13.2. The maximum atomic E-state index is 6.16. The second-order valence-electron chi connectivity index (χ2n) is 5.67. The number of rotatable bonds is 3. The topological polar surface area (TPSA) is 21.3 Å². The van der Waals surface area contributed by atoms with Crippen LogP contribution in [0.15, 0.2) is 36.4 Å². The van der Waals surface area contributed by atoms with Gasteiger partial charge in [0.2, 0.25) is 0 Å². The van der Waals surface area contributed by atoms with Crippen molar-refractivity contribution in [3.05, 3.63) is 53.1 Å². The molecule has 0 amide bonds. The summed E-state index contributed by atoms with van der Waals surface area (Å²) in [4.78, 5) is 0. The van der Waals surface area contributed by atoms with Crippen molar-refractivity contribution in [3.8, 4) is 16.9 Å². The minimum atomic E-state index is 0.251. The van der Waals surface area contributed by atoms with Gasteiger partial charge < -0.3 is 10.1 Å². The molecule has 0 aliphatic carbocycles. The molecule has 1 N–H and O–H groups in total. The van der Waals surface area contributed by atoms with Crippen LogP contribution >= 0.6 is 0 Å². The molecule has 1 atom stereocenters. The van der Waals surface area contributed by atoms with Gasteiger partial charge in [0.1, 0.15) is 11.9 Å². The highest BCUT2D eigenvalue weighted by molar-refractivity contribution is 5.74. The fourth-order valence-electron chi connectivity index (χ4n) is 2.88. The van der Waals surface area contributed by atoms with E-state index in [2.05, 4.69) is 55.6 Å². The molecule has 20 heavy (non-hydrogen) atoms. The second kappa shape index (κ2) is 5.29. The molecule has 2 aromatic rings. The fraction of sp³-hybridized carbons (Fsp3) is 0.333. The Bertz CT molecular complexity index is 616. The molecular formula is C18H21NO. The third kappa shape index (κ3) is 2.44. The van der Waals surface area contributed by atoms with Crippen molar-refractivity contribution in [2.75, 3.05) is 13.6 Å². The third-order valence-electron chi connectivity index (χ3n) is 3.84. The highest BCUT2D eigenvalue weighted by atomic mass is 16.5. The SMILES string of the molecule is CNC[C@@H]1Cc2cc(C)cc(-c3ccc(C)cc3)c2O1. The number of ether oxygens (including phenoxy) is 1. The zero-order valence-corrected chi connectivity index (χ0v) is 12.4. The number of aryl methyl sites for hydroxylation is 2. The summed E-state index contributed by atoms with van der Waals surface area (Å²) in [7, 11) is 1.97. The average molecular weight is 267 g/mol. The smallest absolute Gasteiger partial charge is 0.130 e. The highest BCUT2D eigenvalue weighted by Crippen LogP contribution is 2.39. The summed E-state index contributed by atoms with van der Waals surface area (Å²) in [5, 5.41) is 3.20. The lowest BCUT2D eigenvalue weighted by Gasteiger charge is -2.13. The van der Waals surface area contributed by atoms with Gasteiger partial charge in [-0.2, -0.15) is 0 Å². The van der Waals surface area contributed by atoms with E-state index in [4.69, 9.17) is 4.74 Å². The van der Waals surface area contributed by atoms with Crippen LogP contribution in [0.1, 0.15) is 16.7 Å². The Morgan fingerprint density at radius 1 is 1.10 bits per heavy atom. The number of hydrogen-bond acceptors (Lipinski definition) is 2. The Hall–Kier alpha value is -1.80. The average Bonchev–Trinajstić information content (AvgIpc) is 2.81. The summed E-state index contributed by atoms with van der Waals surface area (Å²) < 4.78 is 6.16. The van der Waals surface area contributed by atoms with Crippen LogP contribution in [0.5, 0.6) is 5.75 Å². The minimum Gasteiger partial charge on any atom is -0.488 e. The Kier molecular flexibility index (Phi) is 3.49. The van der Waals surface area contributed by atoms with E-state index in [0.717, 1.165) is 18.7 Å². The van der Waals surface area contributed by atoms with Crippen LogP contribution < -0.4 is 10.1 Å². The number of nitrogens with one attached hydrogen (secondary N) is 1. The third-order valence-corrected chi connectivity index (χ3v) is 3.84. The standard InChI is InChI=1S/C18H21NO/c1-12-4-6-14(7-5-12)17-9-13(2)8-15-10-16(11-19-3)20-18(15)17/h4-9,16,19H,10-11H2,1-3H3/t16-/m0/s1. The van der Waals surface area contributed by atoms with Crippen LogP contribution in [0.4, 0.5) is 0 Å². The van der Waals surface area contributed by atoms with Crippen LogP contribution in [0.25, 0.3) is 11.1 Å². The molecule has 0 spiro atoms. The predicted octanol–water partition coefficient (Wildman–Crippen LogP) is 3.49. The van der Waals surface area contributed by atoms with E-state index in [-0.39, 0.29) is 6.10 Å². The highest BCUT2D eigenvalue weighted by Gasteiger charge is 2.25. The quantitative estimate of drug-likeness (QED) is 0.919. The Labute approximate surface area is 120 Å². The molecule has 2 heteroatoms. The monoisotopic (exact) mass is 267 g/mol. The van der Waals surface area contributed by atoms with Crippen LogP contribution in [-0.2, 0) is 6.42 Å². The van der Waals surface area contributed by atoms with E-state index >= 15 is 0 Å². The van der Waals surface area contributed by atoms with Gasteiger partial charge in [-0.25, -0.2) is 0 Å². The Morgan fingerprint density at radius 2 is 1.85 bits per heavy atom. The molecule has 104 valence electrons. The largest absolute Gasteiger partial charge is 0.488 e. The van der Waals surface area contributed by atoms with E-state index < -0.39 is 0 Å². The van der Waals surface area contributed by atoms with E-state index in [1.165, 1.54) is 27.8 Å². The lowest BCUT2D eigenvalue weighted by molar-refractivity contribution is 0.232. The molecule has 1 aliphatic heterocycles. The molecule has 1 aliphatic rings. The molecule has 0 bridgehead atoms. The number of hydrogen-bond donors (Lipinski definition) is 1. The van der Waals surface area contributed by atoms with Crippen molar-refractivity contribution in [2.45, 2.75) is 26.4 Å². The normalized spacial score (nSPS) is 16.9. The summed E-state index contributed by atoms with van der Waals surface area (Å²) >= 11 is 0. The zero-order chi connectivity index (χ0) is 14.1. The lowest BCUT2D eigenvalue weighted by Crippen LogP contribution is -2.27. The van der Waals surface area contributed by atoms with E-state index in [0.29, 0.717) is 0 Å². The van der Waals surface area contributed by atoms with Gasteiger partial charge in [0.25, 0.3) is 0 Å². The molecule has 0 aromatic heterocycles. The minimum absolute atomic E-state index is 0.251. The van der Waals surface area contributed by atoms with E-state index in [1.807, 2.05) is 7.05 Å². The number of likely N-dealkylation sites (N-methyl/N-ethyl adjacent to an activating group) is 1. The second-order valence-corrected chi connectivity index (χ2v) is 5.67. The van der Waals surface area contributed by atoms with Gasteiger partial charge >= 0.3 is 0 Å². The van der Waals surface area contributed by atoms with Crippen LogP contribution in [-0.4, -0.2) is 19.7 Å². The summed E-state index contributed by atoms with van der Waals surface area (Å²) in [6.45, 7) is 5.16. The van der Waals surface area contributed by atoms with E-state index in [9.17, 15) is 0 Å². The van der Waals surface area contributed by atoms with E-state index in [1.54, 1.807) is 0 Å². The first-order valence-electron chi connectivity index (χ1n) is 7.19. The first-order chi connectivity index (χ1) is 9.67. The lowest BCUT2D eigenvalue weighted by atomic mass is 9.97. The van der Waals surface area contributed by atoms with Crippen molar-refractivity contribution in [1.82, 2.24) is 5.32 Å². The van der Waals surface area contributed by atoms with Crippen molar-refractivity contribution in [3.63, 3.8) is 0 Å². The molecule has 0 radical (unpaired) electrons. The van der Waals surface area contributed by atoms with Crippen molar-refractivity contribution < 1.29 is 4.74 Å². The van der Waals surface area contributed by atoms with Crippen molar-refractivity contribution >= 4 is 0 Å². The molecule has 1 heterocycles. The molecule has 0 fully saturated rings. The van der Waals surface area contributed by atoms with Gasteiger partial charge in [0, 0.05) is 18.5 Å². The first-order valence-corrected chi connectivity index (χ1v) is 7.19. The number of fused-ring (bicyclic) bond motifs is 1. The Balaban J connectivity index is 2.03. The number of benzene rings is 2. The summed E-state index contributed by atoms with van der Waals surface area (Å²) in [6.07, 6.45) is 1.25. The summed E-state index contributed by atoms with van der Waals surface area (Å²) in [5.41, 5.74) is 6.38. The molecule has 0 saturated carbocycles. The fourth-order valence-corrected chi connectivity index (χ4v) is 2.88. The Morgan fingerprint density at radius 3 is 2.55 bits per heavy atom. The van der Waals surface area contributed by atoms with Gasteiger partial charge in [0.05, 0.1) is 0 Å². The van der Waals surface area contributed by atoms with Crippen LogP contribution in [0.2, 0.25) is 0 Å². The molecule has 2 aromatic carbocycles. The predicted molar refractivity (Wildman–Crippen MR) is 83.4 cm³/mol. The molecule has 3 rings (SSSR count). The summed E-state index contributed by atoms with van der Waals surface area (Å²) in [6, 6.07) is 13.2. The van der Waals surface area contributed by atoms with Crippen molar-refractivity contribution in [2.24, 2.45) is 0 Å². The molecule has 2 nitrogen and oxygen atoms in total. The maximum Gasteiger partial charge on any atom is 0.130 e. The molecule has 0 saturated heterocycles. The van der Waals surface area contributed by atoms with Gasteiger partial charge in [0.15, 0.2) is 0 Å².